The van der Waals surface area contributed by atoms with Crippen molar-refractivity contribution >= 4 is 12.0 Å². The van der Waals surface area contributed by atoms with Crippen LogP contribution in [-0.2, 0) is 9.53 Å². The number of carbonyl (C=O) groups is 2. The number of rotatable bonds is 9. The average Bonchev–Trinajstić information content (AvgIpc) is 2.99. The molecule has 0 aromatic heterocycles. The maximum absolute atomic E-state index is 13.2. The number of nitrogens with zero attached hydrogens (tertiary/aromatic N) is 2. The van der Waals surface area contributed by atoms with E-state index in [1.165, 1.54) is 11.1 Å². The lowest BCUT2D eigenvalue weighted by molar-refractivity contribution is -0.139. The number of hydrogen-bond donors (Lipinski definition) is 2. The molecule has 2 N–H and O–H groups in total. The second-order valence-corrected chi connectivity index (χ2v) is 9.95. The Kier molecular flexibility index (Phi) is 8.78. The van der Waals surface area contributed by atoms with Crippen LogP contribution in [-0.4, -0.2) is 68.2 Å². The maximum Gasteiger partial charge on any atom is 0.338 e. The first-order chi connectivity index (χ1) is 19.6. The fourth-order valence-electron chi connectivity index (χ4n) is 5.53. The van der Waals surface area contributed by atoms with E-state index >= 15 is 0 Å². The molecule has 208 valence electrons. The molecule has 0 spiro atoms. The zero-order valence-electron chi connectivity index (χ0n) is 23.0. The molecular weight excluding hydrogens is 504 g/mol. The zero-order valence-corrected chi connectivity index (χ0v) is 23.0. The summed E-state index contributed by atoms with van der Waals surface area (Å²) in [6, 6.07) is 27.8. The van der Waals surface area contributed by atoms with Gasteiger partial charge in [-0.15, -0.1) is 0 Å². The molecule has 0 radical (unpaired) electrons. The molecule has 2 aliphatic rings. The predicted octanol–water partition coefficient (Wildman–Crippen LogP) is 4.27. The van der Waals surface area contributed by atoms with Crippen LogP contribution < -0.4 is 15.4 Å². The van der Waals surface area contributed by atoms with Gasteiger partial charge in [0.15, 0.2) is 0 Å². The number of urea groups is 1. The number of methoxy groups -OCH3 is 1. The smallest absolute Gasteiger partial charge is 0.338 e. The molecule has 8 nitrogen and oxygen atoms in total. The number of esters is 1. The first-order valence-corrected chi connectivity index (χ1v) is 13.7. The summed E-state index contributed by atoms with van der Waals surface area (Å²) in [5.41, 5.74) is 4.33. The summed E-state index contributed by atoms with van der Waals surface area (Å²) in [7, 11) is 1.60. The highest BCUT2D eigenvalue weighted by atomic mass is 16.5. The molecule has 1 saturated heterocycles. The highest BCUT2D eigenvalue weighted by molar-refractivity contribution is 5.95. The van der Waals surface area contributed by atoms with Crippen LogP contribution in [0, 0.1) is 0 Å². The van der Waals surface area contributed by atoms with Crippen molar-refractivity contribution in [3.05, 3.63) is 113 Å². The summed E-state index contributed by atoms with van der Waals surface area (Å²) in [5.74, 6) is 0.269. The molecular formula is C32H36N4O4. The Morgan fingerprint density at radius 3 is 2.05 bits per heavy atom. The van der Waals surface area contributed by atoms with Gasteiger partial charge in [-0.2, -0.15) is 0 Å². The van der Waals surface area contributed by atoms with Gasteiger partial charge in [0.1, 0.15) is 5.75 Å². The van der Waals surface area contributed by atoms with E-state index in [4.69, 9.17) is 9.47 Å². The summed E-state index contributed by atoms with van der Waals surface area (Å²) in [6.45, 7) is 5.78. The van der Waals surface area contributed by atoms with Gasteiger partial charge >= 0.3 is 12.0 Å². The van der Waals surface area contributed by atoms with Gasteiger partial charge in [-0.1, -0.05) is 72.8 Å². The summed E-state index contributed by atoms with van der Waals surface area (Å²) in [6.07, 6.45) is 0. The summed E-state index contributed by atoms with van der Waals surface area (Å²) >= 11 is 0. The highest BCUT2D eigenvalue weighted by Gasteiger charge is 2.35. The Hall–Kier alpha value is -4.14. The number of hydrogen-bond acceptors (Lipinski definition) is 6. The monoisotopic (exact) mass is 540 g/mol. The lowest BCUT2D eigenvalue weighted by atomic mass is 9.94. The van der Waals surface area contributed by atoms with E-state index in [1.54, 1.807) is 14.0 Å². The van der Waals surface area contributed by atoms with Gasteiger partial charge in [0, 0.05) is 38.4 Å². The van der Waals surface area contributed by atoms with Crippen molar-refractivity contribution in [3.63, 3.8) is 0 Å². The van der Waals surface area contributed by atoms with E-state index in [2.05, 4.69) is 69.0 Å². The molecule has 2 amide bonds. The molecule has 3 aromatic rings. The van der Waals surface area contributed by atoms with Gasteiger partial charge in [0.05, 0.1) is 31.4 Å². The third kappa shape index (κ3) is 6.19. The van der Waals surface area contributed by atoms with Crippen molar-refractivity contribution in [2.75, 3.05) is 46.4 Å². The largest absolute Gasteiger partial charge is 0.497 e. The fraction of sp³-hybridized carbons (Fsp3) is 0.312. The van der Waals surface area contributed by atoms with Crippen LogP contribution >= 0.6 is 0 Å². The summed E-state index contributed by atoms with van der Waals surface area (Å²) in [5, 5.41) is 5.82. The van der Waals surface area contributed by atoms with Crippen LogP contribution in [0.25, 0.3) is 0 Å². The molecule has 5 rings (SSSR count). The topological polar surface area (TPSA) is 83.1 Å². The van der Waals surface area contributed by atoms with Gasteiger partial charge in [0.2, 0.25) is 0 Å². The quantitative estimate of drug-likeness (QED) is 0.395. The van der Waals surface area contributed by atoms with Crippen LogP contribution in [0.5, 0.6) is 5.75 Å². The summed E-state index contributed by atoms with van der Waals surface area (Å²) in [4.78, 5) is 30.7. The third-order valence-corrected chi connectivity index (χ3v) is 7.48. The van der Waals surface area contributed by atoms with E-state index < -0.39 is 12.0 Å². The Balaban J connectivity index is 1.36. The van der Waals surface area contributed by atoms with Crippen molar-refractivity contribution in [1.82, 2.24) is 20.4 Å². The lowest BCUT2D eigenvalue weighted by Gasteiger charge is -2.40. The predicted molar refractivity (Wildman–Crippen MR) is 154 cm³/mol. The molecule has 0 bridgehead atoms. The number of nitrogens with one attached hydrogen (secondary N) is 2. The van der Waals surface area contributed by atoms with Gasteiger partial charge in [0.25, 0.3) is 0 Å². The minimum Gasteiger partial charge on any atom is -0.497 e. The first-order valence-electron chi connectivity index (χ1n) is 13.7. The van der Waals surface area contributed by atoms with Crippen molar-refractivity contribution in [2.45, 2.75) is 19.0 Å². The van der Waals surface area contributed by atoms with Gasteiger partial charge in [-0.25, -0.2) is 9.59 Å². The van der Waals surface area contributed by atoms with Gasteiger partial charge < -0.3 is 20.1 Å². The number of benzene rings is 3. The Labute approximate surface area is 235 Å². The van der Waals surface area contributed by atoms with Crippen molar-refractivity contribution in [1.29, 1.82) is 0 Å². The molecule has 1 fully saturated rings. The number of ether oxygens (including phenoxy) is 2. The zero-order chi connectivity index (χ0) is 27.9. The molecule has 0 aliphatic carbocycles. The van der Waals surface area contributed by atoms with Crippen LogP contribution in [0.4, 0.5) is 4.79 Å². The van der Waals surface area contributed by atoms with E-state index in [9.17, 15) is 9.59 Å². The van der Waals surface area contributed by atoms with Crippen molar-refractivity contribution in [2.24, 2.45) is 0 Å². The van der Waals surface area contributed by atoms with Gasteiger partial charge in [-0.3, -0.25) is 9.80 Å². The molecule has 2 aliphatic heterocycles. The van der Waals surface area contributed by atoms with E-state index in [-0.39, 0.29) is 18.7 Å². The van der Waals surface area contributed by atoms with Crippen LogP contribution in [0.1, 0.15) is 35.7 Å². The SMILES string of the molecule is CCOC(=O)C1=C(CN2CCN(C(c3ccccc3)c3ccccc3)CC2)NC(=O)NC1c1ccc(OC)cc1. The Morgan fingerprint density at radius 2 is 1.50 bits per heavy atom. The molecule has 40 heavy (non-hydrogen) atoms. The second-order valence-electron chi connectivity index (χ2n) is 9.95. The minimum absolute atomic E-state index is 0.164. The normalized spacial score (nSPS) is 18.3. The Bertz CT molecular complexity index is 1280. The van der Waals surface area contributed by atoms with Crippen molar-refractivity contribution in [3.8, 4) is 5.75 Å². The number of carbonyl (C=O) groups excluding carboxylic acids is 2. The molecule has 8 heteroatoms. The molecule has 3 aromatic carbocycles. The number of amides is 2. The average molecular weight is 541 g/mol. The van der Waals surface area contributed by atoms with Gasteiger partial charge in [-0.05, 0) is 35.7 Å². The third-order valence-electron chi connectivity index (χ3n) is 7.48. The number of piperazine rings is 1. The van der Waals surface area contributed by atoms with E-state index in [0.29, 0.717) is 23.6 Å². The fourth-order valence-corrected chi connectivity index (χ4v) is 5.53. The molecule has 2 heterocycles. The van der Waals surface area contributed by atoms with Crippen molar-refractivity contribution < 1.29 is 19.1 Å². The Morgan fingerprint density at radius 1 is 0.900 bits per heavy atom. The van der Waals surface area contributed by atoms with Crippen LogP contribution in [0.3, 0.4) is 0 Å². The minimum atomic E-state index is -0.615. The summed E-state index contributed by atoms with van der Waals surface area (Å²) < 4.78 is 10.7. The lowest BCUT2D eigenvalue weighted by Crippen LogP contribution is -2.52. The standard InChI is InChI=1S/C32H36N4O4/c1-3-40-31(37)28-27(33-32(38)34-29(28)23-14-16-26(39-2)17-15-23)22-35-18-20-36(21-19-35)30(24-10-6-4-7-11-24)25-12-8-5-9-13-25/h4-17,29-30H,3,18-22H2,1-2H3,(H2,33,34,38). The second kappa shape index (κ2) is 12.8. The van der Waals surface area contributed by atoms with Crippen LogP contribution in [0.2, 0.25) is 0 Å². The molecule has 1 unspecified atom stereocenters. The highest BCUT2D eigenvalue weighted by Crippen LogP contribution is 2.31. The van der Waals surface area contributed by atoms with E-state index in [1.807, 2.05) is 36.4 Å². The first kappa shape index (κ1) is 27.4. The molecule has 1 atom stereocenters. The molecule has 0 saturated carbocycles. The van der Waals surface area contributed by atoms with Crippen LogP contribution in [0.15, 0.2) is 96.2 Å². The van der Waals surface area contributed by atoms with E-state index in [0.717, 1.165) is 31.7 Å². The maximum atomic E-state index is 13.2.